The van der Waals surface area contributed by atoms with Crippen LogP contribution in [0.1, 0.15) is 23.2 Å². The van der Waals surface area contributed by atoms with Gasteiger partial charge in [0, 0.05) is 19.0 Å². The highest BCUT2D eigenvalue weighted by atomic mass is 35.5. The minimum atomic E-state index is -0.445. The van der Waals surface area contributed by atoms with Gasteiger partial charge in [-0.15, -0.1) is 11.6 Å². The second-order valence-electron chi connectivity index (χ2n) is 4.68. The predicted molar refractivity (Wildman–Crippen MR) is 77.0 cm³/mol. The van der Waals surface area contributed by atoms with E-state index in [-0.39, 0.29) is 17.0 Å². The number of piperidine rings is 1. The lowest BCUT2D eigenvalue weighted by Crippen LogP contribution is -2.41. The molecule has 1 aromatic carbocycles. The van der Waals surface area contributed by atoms with Gasteiger partial charge in [0.05, 0.1) is 23.3 Å². The highest BCUT2D eigenvalue weighted by Crippen LogP contribution is 2.22. The quantitative estimate of drug-likeness (QED) is 0.797. The number of halogens is 3. The second-order valence-corrected chi connectivity index (χ2v) is 5.46. The molecule has 0 bridgehead atoms. The summed E-state index contributed by atoms with van der Waals surface area (Å²) < 4.78 is 18.5. The molecule has 1 heterocycles. The number of benzene rings is 1. The molecule has 0 saturated carbocycles. The Labute approximate surface area is 127 Å². The number of ether oxygens (including phenoxy) is 1. The molecule has 1 saturated heterocycles. The van der Waals surface area contributed by atoms with Gasteiger partial charge in [0.15, 0.2) is 0 Å². The lowest BCUT2D eigenvalue weighted by atomic mass is 10.1. The Hall–Kier alpha value is -0.840. The van der Waals surface area contributed by atoms with E-state index in [1.165, 1.54) is 12.1 Å². The van der Waals surface area contributed by atoms with E-state index >= 15 is 0 Å². The van der Waals surface area contributed by atoms with Crippen LogP contribution in [0.4, 0.5) is 4.39 Å². The molecule has 1 amide bonds. The van der Waals surface area contributed by atoms with Crippen LogP contribution in [0, 0.1) is 5.82 Å². The van der Waals surface area contributed by atoms with E-state index in [2.05, 4.69) is 0 Å². The first-order valence-electron chi connectivity index (χ1n) is 6.53. The molecular weight excluding hydrogens is 304 g/mol. The van der Waals surface area contributed by atoms with Crippen molar-refractivity contribution in [2.45, 2.75) is 18.9 Å². The average Bonchev–Trinajstić information content (AvgIpc) is 2.45. The molecule has 20 heavy (non-hydrogen) atoms. The van der Waals surface area contributed by atoms with E-state index in [4.69, 9.17) is 27.9 Å². The summed E-state index contributed by atoms with van der Waals surface area (Å²) in [4.78, 5) is 14.0. The first-order chi connectivity index (χ1) is 9.61. The standard InChI is InChI=1S/C14H16Cl2FNO2/c15-5-8-20-11-3-6-18(7-4-11)14(19)12-2-1-10(17)9-13(12)16/h1-2,9,11H,3-8H2. The number of hydrogen-bond acceptors (Lipinski definition) is 2. The Morgan fingerprint density at radius 2 is 2.10 bits per heavy atom. The minimum Gasteiger partial charge on any atom is -0.377 e. The van der Waals surface area contributed by atoms with Crippen LogP contribution in [-0.2, 0) is 4.74 Å². The van der Waals surface area contributed by atoms with E-state index in [9.17, 15) is 9.18 Å². The summed E-state index contributed by atoms with van der Waals surface area (Å²) in [6, 6.07) is 3.83. The van der Waals surface area contributed by atoms with Crippen molar-refractivity contribution >= 4 is 29.1 Å². The molecule has 1 aromatic rings. The number of rotatable bonds is 4. The number of carbonyl (C=O) groups excluding carboxylic acids is 1. The van der Waals surface area contributed by atoms with Crippen molar-refractivity contribution in [2.75, 3.05) is 25.6 Å². The van der Waals surface area contributed by atoms with Crippen LogP contribution in [0.25, 0.3) is 0 Å². The predicted octanol–water partition coefficient (Wildman–Crippen LogP) is 3.34. The van der Waals surface area contributed by atoms with Crippen molar-refractivity contribution in [2.24, 2.45) is 0 Å². The highest BCUT2D eigenvalue weighted by Gasteiger charge is 2.25. The third kappa shape index (κ3) is 3.84. The van der Waals surface area contributed by atoms with Gasteiger partial charge in [0.25, 0.3) is 5.91 Å². The number of amides is 1. The number of nitrogens with zero attached hydrogens (tertiary/aromatic N) is 1. The monoisotopic (exact) mass is 319 g/mol. The third-order valence-corrected chi connectivity index (χ3v) is 3.79. The first kappa shape index (κ1) is 15.5. The molecule has 0 atom stereocenters. The van der Waals surface area contributed by atoms with E-state index in [0.717, 1.165) is 18.9 Å². The summed E-state index contributed by atoms with van der Waals surface area (Å²) in [6.07, 6.45) is 1.71. The molecule has 0 aromatic heterocycles. The highest BCUT2D eigenvalue weighted by molar-refractivity contribution is 6.33. The summed E-state index contributed by atoms with van der Waals surface area (Å²) in [6.45, 7) is 1.75. The molecule has 6 heteroatoms. The van der Waals surface area contributed by atoms with Gasteiger partial charge in [-0.25, -0.2) is 4.39 Å². The zero-order valence-electron chi connectivity index (χ0n) is 10.9. The van der Waals surface area contributed by atoms with Crippen LogP contribution in [0.5, 0.6) is 0 Å². The van der Waals surface area contributed by atoms with Crippen molar-refractivity contribution in [1.82, 2.24) is 4.90 Å². The summed E-state index contributed by atoms with van der Waals surface area (Å²) in [5.41, 5.74) is 0.341. The SMILES string of the molecule is O=C(c1ccc(F)cc1Cl)N1CCC(OCCCl)CC1. The maximum absolute atomic E-state index is 13.0. The zero-order chi connectivity index (χ0) is 14.5. The average molecular weight is 320 g/mol. The van der Waals surface area contributed by atoms with Gasteiger partial charge in [-0.1, -0.05) is 11.6 Å². The molecule has 1 aliphatic heterocycles. The summed E-state index contributed by atoms with van der Waals surface area (Å²) in [5.74, 6) is -0.129. The molecule has 1 aliphatic rings. The van der Waals surface area contributed by atoms with Crippen LogP contribution in [0.2, 0.25) is 5.02 Å². The van der Waals surface area contributed by atoms with Gasteiger partial charge in [0.1, 0.15) is 5.82 Å². The van der Waals surface area contributed by atoms with Gasteiger partial charge in [-0.05, 0) is 31.0 Å². The Balaban J connectivity index is 1.94. The van der Waals surface area contributed by atoms with Crippen molar-refractivity contribution in [3.63, 3.8) is 0 Å². The van der Waals surface area contributed by atoms with Crippen LogP contribution in [-0.4, -0.2) is 42.5 Å². The molecule has 0 spiro atoms. The maximum atomic E-state index is 13.0. The van der Waals surface area contributed by atoms with E-state index in [1.807, 2.05) is 0 Å². The number of carbonyl (C=O) groups is 1. The third-order valence-electron chi connectivity index (χ3n) is 3.32. The van der Waals surface area contributed by atoms with Crippen molar-refractivity contribution in [1.29, 1.82) is 0 Å². The molecule has 0 N–H and O–H groups in total. The van der Waals surface area contributed by atoms with Crippen molar-refractivity contribution in [3.8, 4) is 0 Å². The Morgan fingerprint density at radius 1 is 1.40 bits per heavy atom. The van der Waals surface area contributed by atoms with E-state index < -0.39 is 5.82 Å². The number of hydrogen-bond donors (Lipinski definition) is 0. The molecule has 3 nitrogen and oxygen atoms in total. The Morgan fingerprint density at radius 3 is 2.70 bits per heavy atom. The summed E-state index contributed by atoms with van der Waals surface area (Å²) >= 11 is 11.5. The Kier molecular flexibility index (Phi) is 5.64. The van der Waals surface area contributed by atoms with Crippen LogP contribution < -0.4 is 0 Å². The largest absolute Gasteiger partial charge is 0.377 e. The fourth-order valence-corrected chi connectivity index (χ4v) is 2.61. The molecular formula is C14H16Cl2FNO2. The second kappa shape index (κ2) is 7.25. The fraction of sp³-hybridized carbons (Fsp3) is 0.500. The molecule has 1 fully saturated rings. The molecule has 2 rings (SSSR count). The summed E-state index contributed by atoms with van der Waals surface area (Å²) in [5, 5.41) is 0.149. The van der Waals surface area contributed by atoms with Gasteiger partial charge < -0.3 is 9.64 Å². The summed E-state index contributed by atoms with van der Waals surface area (Å²) in [7, 11) is 0. The van der Waals surface area contributed by atoms with E-state index in [1.54, 1.807) is 4.90 Å². The molecule has 0 radical (unpaired) electrons. The normalized spacial score (nSPS) is 16.4. The lowest BCUT2D eigenvalue weighted by molar-refractivity contribution is 0.0154. The number of alkyl halides is 1. The van der Waals surface area contributed by atoms with Crippen LogP contribution in [0.3, 0.4) is 0 Å². The molecule has 0 aliphatic carbocycles. The first-order valence-corrected chi connectivity index (χ1v) is 7.45. The van der Waals surface area contributed by atoms with Crippen LogP contribution >= 0.6 is 23.2 Å². The maximum Gasteiger partial charge on any atom is 0.255 e. The lowest BCUT2D eigenvalue weighted by Gasteiger charge is -2.32. The van der Waals surface area contributed by atoms with Gasteiger partial charge in [-0.3, -0.25) is 4.79 Å². The molecule has 0 unspecified atom stereocenters. The van der Waals surface area contributed by atoms with Gasteiger partial charge >= 0.3 is 0 Å². The van der Waals surface area contributed by atoms with Crippen molar-refractivity contribution in [3.05, 3.63) is 34.6 Å². The number of likely N-dealkylation sites (tertiary alicyclic amines) is 1. The van der Waals surface area contributed by atoms with Crippen molar-refractivity contribution < 1.29 is 13.9 Å². The van der Waals surface area contributed by atoms with Gasteiger partial charge in [0.2, 0.25) is 0 Å². The smallest absolute Gasteiger partial charge is 0.255 e. The topological polar surface area (TPSA) is 29.5 Å². The fourth-order valence-electron chi connectivity index (χ4n) is 2.27. The molecule has 110 valence electrons. The minimum absolute atomic E-state index is 0.149. The zero-order valence-corrected chi connectivity index (χ0v) is 12.5. The van der Waals surface area contributed by atoms with Gasteiger partial charge in [-0.2, -0.15) is 0 Å². The van der Waals surface area contributed by atoms with E-state index in [0.29, 0.717) is 31.1 Å². The Bertz CT molecular complexity index is 476. The van der Waals surface area contributed by atoms with Crippen LogP contribution in [0.15, 0.2) is 18.2 Å².